The highest BCUT2D eigenvalue weighted by molar-refractivity contribution is 5.95. The molecule has 0 saturated heterocycles. The van der Waals surface area contributed by atoms with Gasteiger partial charge < -0.3 is 25.4 Å². The lowest BCUT2D eigenvalue weighted by Gasteiger charge is -2.14. The predicted molar refractivity (Wildman–Crippen MR) is 115 cm³/mol. The summed E-state index contributed by atoms with van der Waals surface area (Å²) in [5.74, 6) is 2.06. The van der Waals surface area contributed by atoms with E-state index in [4.69, 9.17) is 9.47 Å². The average molecular weight is 396 g/mol. The molecule has 1 amide bonds. The zero-order valence-corrected chi connectivity index (χ0v) is 17.0. The molecule has 2 aromatic carbocycles. The molecule has 0 unspecified atom stereocenters. The molecular formula is C22H28N4O3. The van der Waals surface area contributed by atoms with Gasteiger partial charge in [0.2, 0.25) is 0 Å². The molecule has 0 spiro atoms. The summed E-state index contributed by atoms with van der Waals surface area (Å²) in [6.45, 7) is 4.55. The van der Waals surface area contributed by atoms with E-state index in [9.17, 15) is 4.79 Å². The summed E-state index contributed by atoms with van der Waals surface area (Å²) in [6, 6.07) is 13.3. The minimum Gasteiger partial charge on any atom is -0.490 e. The summed E-state index contributed by atoms with van der Waals surface area (Å²) in [5.41, 5.74) is 2.51. The van der Waals surface area contributed by atoms with Gasteiger partial charge in [-0.1, -0.05) is 19.1 Å². The summed E-state index contributed by atoms with van der Waals surface area (Å²) in [6.07, 6.45) is 1.78. The Balaban J connectivity index is 1.60. The van der Waals surface area contributed by atoms with E-state index in [0.29, 0.717) is 37.8 Å². The molecule has 7 nitrogen and oxygen atoms in total. The van der Waals surface area contributed by atoms with Crippen molar-refractivity contribution in [3.63, 3.8) is 0 Å². The van der Waals surface area contributed by atoms with E-state index in [0.717, 1.165) is 35.6 Å². The third kappa shape index (κ3) is 5.88. The van der Waals surface area contributed by atoms with Crippen LogP contribution in [-0.2, 0) is 6.54 Å². The van der Waals surface area contributed by atoms with Gasteiger partial charge in [-0.2, -0.15) is 0 Å². The first kappa shape index (κ1) is 20.5. The van der Waals surface area contributed by atoms with Crippen molar-refractivity contribution in [3.05, 3.63) is 53.6 Å². The fourth-order valence-electron chi connectivity index (χ4n) is 2.91. The van der Waals surface area contributed by atoms with Crippen molar-refractivity contribution in [2.75, 3.05) is 32.1 Å². The second-order valence-corrected chi connectivity index (χ2v) is 6.72. The largest absolute Gasteiger partial charge is 0.490 e. The predicted octanol–water partition coefficient (Wildman–Crippen LogP) is 3.18. The second-order valence-electron chi connectivity index (χ2n) is 6.72. The standard InChI is InChI=1S/C22H28N4O3/c1-3-10-24-21(27)17-7-4-6-16(13-17)15-25-22(23-2)26-18-8-9-19-20(14-18)29-12-5-11-28-19/h4,6-9,13-14H,3,5,10-12,15H2,1-2H3,(H,24,27)(H2,23,25,26). The summed E-state index contributed by atoms with van der Waals surface area (Å²) in [7, 11) is 1.72. The van der Waals surface area contributed by atoms with Crippen LogP contribution in [0.1, 0.15) is 35.7 Å². The van der Waals surface area contributed by atoms with Crippen molar-refractivity contribution in [1.29, 1.82) is 0 Å². The van der Waals surface area contributed by atoms with Crippen LogP contribution >= 0.6 is 0 Å². The fourth-order valence-corrected chi connectivity index (χ4v) is 2.91. The minimum atomic E-state index is -0.0524. The number of hydrogen-bond donors (Lipinski definition) is 3. The zero-order chi connectivity index (χ0) is 20.5. The summed E-state index contributed by atoms with van der Waals surface area (Å²) >= 11 is 0. The molecular weight excluding hydrogens is 368 g/mol. The van der Waals surface area contributed by atoms with Crippen molar-refractivity contribution in [2.24, 2.45) is 4.99 Å². The molecule has 0 atom stereocenters. The number of nitrogens with one attached hydrogen (secondary N) is 3. The molecule has 1 aliphatic heterocycles. The third-order valence-corrected chi connectivity index (χ3v) is 4.42. The Morgan fingerprint density at radius 2 is 1.90 bits per heavy atom. The van der Waals surface area contributed by atoms with Gasteiger partial charge in [-0.3, -0.25) is 9.79 Å². The number of anilines is 1. The molecule has 0 bridgehead atoms. The number of amides is 1. The summed E-state index contributed by atoms with van der Waals surface area (Å²) in [5, 5.41) is 9.43. The molecule has 3 rings (SSSR count). The number of carbonyl (C=O) groups excluding carboxylic acids is 1. The summed E-state index contributed by atoms with van der Waals surface area (Å²) in [4.78, 5) is 16.4. The van der Waals surface area contributed by atoms with Crippen molar-refractivity contribution in [3.8, 4) is 11.5 Å². The van der Waals surface area contributed by atoms with Crippen LogP contribution in [0.2, 0.25) is 0 Å². The maximum Gasteiger partial charge on any atom is 0.251 e. The van der Waals surface area contributed by atoms with Gasteiger partial charge in [-0.05, 0) is 36.2 Å². The number of guanidine groups is 1. The Kier molecular flexibility index (Phi) is 7.33. The van der Waals surface area contributed by atoms with Crippen molar-refractivity contribution in [1.82, 2.24) is 10.6 Å². The highest BCUT2D eigenvalue weighted by Crippen LogP contribution is 2.32. The first-order valence-electron chi connectivity index (χ1n) is 9.94. The molecule has 1 heterocycles. The molecule has 29 heavy (non-hydrogen) atoms. The van der Waals surface area contributed by atoms with E-state index < -0.39 is 0 Å². The fraction of sp³-hybridized carbons (Fsp3) is 0.364. The molecule has 0 radical (unpaired) electrons. The number of ether oxygens (including phenoxy) is 2. The number of rotatable bonds is 6. The van der Waals surface area contributed by atoms with E-state index in [-0.39, 0.29) is 5.91 Å². The number of aliphatic imine (C=N–C) groups is 1. The lowest BCUT2D eigenvalue weighted by molar-refractivity contribution is 0.0953. The average Bonchev–Trinajstić information content (AvgIpc) is 3.00. The van der Waals surface area contributed by atoms with Crippen LogP contribution in [0.5, 0.6) is 11.5 Å². The highest BCUT2D eigenvalue weighted by Gasteiger charge is 2.11. The third-order valence-electron chi connectivity index (χ3n) is 4.42. The molecule has 0 aromatic heterocycles. The van der Waals surface area contributed by atoms with Crippen LogP contribution in [0.3, 0.4) is 0 Å². The Morgan fingerprint density at radius 3 is 2.69 bits per heavy atom. The minimum absolute atomic E-state index is 0.0524. The Hall–Kier alpha value is -3.22. The smallest absolute Gasteiger partial charge is 0.251 e. The van der Waals surface area contributed by atoms with Gasteiger partial charge in [-0.15, -0.1) is 0 Å². The first-order valence-corrected chi connectivity index (χ1v) is 9.94. The van der Waals surface area contributed by atoms with E-state index >= 15 is 0 Å². The van der Waals surface area contributed by atoms with Crippen molar-refractivity contribution < 1.29 is 14.3 Å². The quantitative estimate of drug-likeness (QED) is 0.516. The van der Waals surface area contributed by atoms with Crippen molar-refractivity contribution in [2.45, 2.75) is 26.3 Å². The lowest BCUT2D eigenvalue weighted by Crippen LogP contribution is -2.30. The molecule has 3 N–H and O–H groups in total. The van der Waals surface area contributed by atoms with Gasteiger partial charge in [0, 0.05) is 43.9 Å². The molecule has 0 saturated carbocycles. The molecule has 0 fully saturated rings. The molecule has 0 aliphatic carbocycles. The Labute approximate surface area is 171 Å². The van der Waals surface area contributed by atoms with Crippen LogP contribution in [0.15, 0.2) is 47.5 Å². The molecule has 2 aromatic rings. The van der Waals surface area contributed by atoms with E-state index in [1.54, 1.807) is 7.05 Å². The van der Waals surface area contributed by atoms with Crippen LogP contribution in [0, 0.1) is 0 Å². The van der Waals surface area contributed by atoms with E-state index in [2.05, 4.69) is 20.9 Å². The maximum atomic E-state index is 12.1. The lowest BCUT2D eigenvalue weighted by atomic mass is 10.1. The van der Waals surface area contributed by atoms with Crippen LogP contribution in [0.4, 0.5) is 5.69 Å². The van der Waals surface area contributed by atoms with Gasteiger partial charge in [0.1, 0.15) is 0 Å². The molecule has 7 heteroatoms. The van der Waals surface area contributed by atoms with Crippen molar-refractivity contribution >= 4 is 17.6 Å². The van der Waals surface area contributed by atoms with Gasteiger partial charge in [-0.25, -0.2) is 0 Å². The monoisotopic (exact) mass is 396 g/mol. The number of carbonyl (C=O) groups is 1. The molecule has 1 aliphatic rings. The number of fused-ring (bicyclic) bond motifs is 1. The Bertz CT molecular complexity index is 867. The molecule has 154 valence electrons. The highest BCUT2D eigenvalue weighted by atomic mass is 16.5. The summed E-state index contributed by atoms with van der Waals surface area (Å²) < 4.78 is 11.4. The van der Waals surface area contributed by atoms with Crippen LogP contribution < -0.4 is 25.4 Å². The first-order chi connectivity index (χ1) is 14.2. The van der Waals surface area contributed by atoms with Gasteiger partial charge in [0.25, 0.3) is 5.91 Å². The number of hydrogen-bond acceptors (Lipinski definition) is 4. The Morgan fingerprint density at radius 1 is 1.07 bits per heavy atom. The van der Waals surface area contributed by atoms with Gasteiger partial charge in [0.15, 0.2) is 17.5 Å². The number of nitrogens with zero attached hydrogens (tertiary/aromatic N) is 1. The zero-order valence-electron chi connectivity index (χ0n) is 17.0. The normalized spacial score (nSPS) is 13.4. The van der Waals surface area contributed by atoms with E-state index in [1.165, 1.54) is 0 Å². The van der Waals surface area contributed by atoms with Gasteiger partial charge >= 0.3 is 0 Å². The van der Waals surface area contributed by atoms with Gasteiger partial charge in [0.05, 0.1) is 13.2 Å². The topological polar surface area (TPSA) is 84.0 Å². The maximum absolute atomic E-state index is 12.1. The van der Waals surface area contributed by atoms with Crippen LogP contribution in [0.25, 0.3) is 0 Å². The van der Waals surface area contributed by atoms with Crippen LogP contribution in [-0.4, -0.2) is 38.7 Å². The van der Waals surface area contributed by atoms with E-state index in [1.807, 2.05) is 49.4 Å². The SMILES string of the molecule is CCCNC(=O)c1cccc(CNC(=NC)Nc2ccc3c(c2)OCCCO3)c1. The number of benzene rings is 2. The second kappa shape index (κ2) is 10.4.